The van der Waals surface area contributed by atoms with Crippen LogP contribution < -0.4 is 20.1 Å². The van der Waals surface area contributed by atoms with E-state index in [1.54, 1.807) is 6.07 Å². The van der Waals surface area contributed by atoms with E-state index in [9.17, 15) is 4.79 Å². The molecule has 1 saturated heterocycles. The third-order valence-electron chi connectivity index (χ3n) is 3.78. The number of fused-ring (bicyclic) bond motifs is 1. The lowest BCUT2D eigenvalue weighted by molar-refractivity contribution is -0.125. The van der Waals surface area contributed by atoms with E-state index < -0.39 is 0 Å². The highest BCUT2D eigenvalue weighted by molar-refractivity contribution is 5.95. The van der Waals surface area contributed by atoms with Gasteiger partial charge in [-0.2, -0.15) is 0 Å². The van der Waals surface area contributed by atoms with Crippen LogP contribution in [0.1, 0.15) is 19.8 Å². The monoisotopic (exact) mass is 262 g/mol. The highest BCUT2D eigenvalue weighted by Crippen LogP contribution is 2.35. The number of ether oxygens (including phenoxy) is 2. The first-order valence-electron chi connectivity index (χ1n) is 6.59. The summed E-state index contributed by atoms with van der Waals surface area (Å²) < 4.78 is 10.6. The first-order chi connectivity index (χ1) is 9.17. The van der Waals surface area contributed by atoms with Gasteiger partial charge in [-0.1, -0.05) is 0 Å². The molecule has 0 radical (unpaired) electrons. The predicted molar refractivity (Wildman–Crippen MR) is 71.4 cm³/mol. The minimum Gasteiger partial charge on any atom is -0.454 e. The van der Waals surface area contributed by atoms with Crippen LogP contribution in [0.15, 0.2) is 18.2 Å². The number of nitrogens with one attached hydrogen (secondary N) is 2. The number of rotatable bonds is 2. The lowest BCUT2D eigenvalue weighted by Gasteiger charge is -2.32. The maximum Gasteiger partial charge on any atom is 0.231 e. The van der Waals surface area contributed by atoms with Crippen LogP contribution in [0.3, 0.4) is 0 Å². The maximum atomic E-state index is 12.4. The van der Waals surface area contributed by atoms with E-state index in [0.717, 1.165) is 37.4 Å². The van der Waals surface area contributed by atoms with Gasteiger partial charge < -0.3 is 20.1 Å². The molecule has 19 heavy (non-hydrogen) atoms. The van der Waals surface area contributed by atoms with Gasteiger partial charge in [0.25, 0.3) is 0 Å². The zero-order chi connectivity index (χ0) is 13.3. The normalized spacial score (nSPS) is 25.1. The second-order valence-electron chi connectivity index (χ2n) is 5.36. The molecule has 5 heteroatoms. The van der Waals surface area contributed by atoms with Crippen LogP contribution in [0.5, 0.6) is 11.5 Å². The van der Waals surface area contributed by atoms with Gasteiger partial charge in [-0.05, 0) is 38.4 Å². The van der Waals surface area contributed by atoms with E-state index in [0.29, 0.717) is 5.75 Å². The molecule has 3 rings (SSSR count). The van der Waals surface area contributed by atoms with Crippen LogP contribution in [0.2, 0.25) is 0 Å². The van der Waals surface area contributed by atoms with Gasteiger partial charge in [-0.15, -0.1) is 0 Å². The van der Waals surface area contributed by atoms with Crippen molar-refractivity contribution in [2.45, 2.75) is 19.8 Å². The minimum absolute atomic E-state index is 0.0542. The summed E-state index contributed by atoms with van der Waals surface area (Å²) in [7, 11) is 0. The van der Waals surface area contributed by atoms with Gasteiger partial charge in [0, 0.05) is 18.3 Å². The molecule has 1 aromatic carbocycles. The van der Waals surface area contributed by atoms with E-state index in [2.05, 4.69) is 10.6 Å². The smallest absolute Gasteiger partial charge is 0.231 e. The van der Waals surface area contributed by atoms with Crippen LogP contribution in [0.4, 0.5) is 5.69 Å². The van der Waals surface area contributed by atoms with Crippen molar-refractivity contribution >= 4 is 11.6 Å². The highest BCUT2D eigenvalue weighted by atomic mass is 16.7. The summed E-state index contributed by atoms with van der Waals surface area (Å²) in [6, 6.07) is 5.46. The Balaban J connectivity index is 1.72. The molecule has 102 valence electrons. The lowest BCUT2D eigenvalue weighted by atomic mass is 9.82. The number of piperidine rings is 1. The van der Waals surface area contributed by atoms with Gasteiger partial charge in [0.1, 0.15) is 0 Å². The summed E-state index contributed by atoms with van der Waals surface area (Å²) in [6.07, 6.45) is 1.95. The molecular weight excluding hydrogens is 244 g/mol. The fraction of sp³-hybridized carbons (Fsp3) is 0.500. The fourth-order valence-electron chi connectivity index (χ4n) is 2.51. The fourth-order valence-corrected chi connectivity index (χ4v) is 2.51. The van der Waals surface area contributed by atoms with Gasteiger partial charge in [0.05, 0.1) is 5.41 Å². The molecular formula is C14H18N2O3. The Kier molecular flexibility index (Phi) is 3.06. The standard InChI is InChI=1S/C14H18N2O3/c1-14(5-2-6-15-8-14)13(17)16-10-3-4-11-12(7-10)19-9-18-11/h3-4,7,15H,2,5-6,8-9H2,1H3,(H,16,17). The van der Waals surface area contributed by atoms with Gasteiger partial charge in [0.2, 0.25) is 12.7 Å². The summed E-state index contributed by atoms with van der Waals surface area (Å²) in [5, 5.41) is 6.25. The molecule has 0 saturated carbocycles. The van der Waals surface area contributed by atoms with Gasteiger partial charge in [0.15, 0.2) is 11.5 Å². The van der Waals surface area contributed by atoms with Gasteiger partial charge in [-0.25, -0.2) is 0 Å². The molecule has 0 aromatic heterocycles. The molecule has 1 aromatic rings. The zero-order valence-electron chi connectivity index (χ0n) is 11.0. The summed E-state index contributed by atoms with van der Waals surface area (Å²) in [5.74, 6) is 1.46. The molecule has 1 unspecified atom stereocenters. The number of carbonyl (C=O) groups excluding carboxylic acids is 1. The lowest BCUT2D eigenvalue weighted by Crippen LogP contribution is -2.46. The van der Waals surface area contributed by atoms with Crippen LogP contribution in [-0.2, 0) is 4.79 Å². The molecule has 0 aliphatic carbocycles. The second kappa shape index (κ2) is 4.74. The number of carbonyl (C=O) groups is 1. The molecule has 5 nitrogen and oxygen atoms in total. The van der Waals surface area contributed by atoms with E-state index in [1.165, 1.54) is 0 Å². The van der Waals surface area contributed by atoms with Crippen molar-refractivity contribution in [1.29, 1.82) is 0 Å². The Bertz CT molecular complexity index is 495. The number of anilines is 1. The number of benzene rings is 1. The van der Waals surface area contributed by atoms with Crippen molar-refractivity contribution < 1.29 is 14.3 Å². The van der Waals surface area contributed by atoms with Crippen LogP contribution in [0.25, 0.3) is 0 Å². The van der Waals surface area contributed by atoms with Crippen molar-refractivity contribution in [3.05, 3.63) is 18.2 Å². The van der Waals surface area contributed by atoms with Crippen molar-refractivity contribution in [3.63, 3.8) is 0 Å². The molecule has 1 atom stereocenters. The van der Waals surface area contributed by atoms with Crippen molar-refractivity contribution in [2.24, 2.45) is 5.41 Å². The topological polar surface area (TPSA) is 59.6 Å². The minimum atomic E-state index is -0.339. The second-order valence-corrected chi connectivity index (χ2v) is 5.36. The van der Waals surface area contributed by atoms with E-state index in [-0.39, 0.29) is 18.1 Å². The summed E-state index contributed by atoms with van der Waals surface area (Å²) in [4.78, 5) is 12.4. The van der Waals surface area contributed by atoms with Crippen LogP contribution in [-0.4, -0.2) is 25.8 Å². The van der Waals surface area contributed by atoms with Crippen molar-refractivity contribution in [1.82, 2.24) is 5.32 Å². The molecule has 1 fully saturated rings. The summed E-state index contributed by atoms with van der Waals surface area (Å²) in [6.45, 7) is 3.96. The number of amides is 1. The largest absolute Gasteiger partial charge is 0.454 e. The van der Waals surface area contributed by atoms with Crippen molar-refractivity contribution in [2.75, 3.05) is 25.2 Å². The Labute approximate surface area is 112 Å². The van der Waals surface area contributed by atoms with E-state index >= 15 is 0 Å². The predicted octanol–water partition coefficient (Wildman–Crippen LogP) is 1.74. The van der Waals surface area contributed by atoms with E-state index in [4.69, 9.17) is 9.47 Å². The molecule has 0 spiro atoms. The molecule has 2 aliphatic heterocycles. The first kappa shape index (κ1) is 12.3. The zero-order valence-corrected chi connectivity index (χ0v) is 11.0. The Morgan fingerprint density at radius 1 is 1.37 bits per heavy atom. The average molecular weight is 262 g/mol. The van der Waals surface area contributed by atoms with Crippen molar-refractivity contribution in [3.8, 4) is 11.5 Å². The molecule has 2 aliphatic rings. The Morgan fingerprint density at radius 3 is 3.00 bits per heavy atom. The quantitative estimate of drug-likeness (QED) is 0.852. The molecule has 2 N–H and O–H groups in total. The van der Waals surface area contributed by atoms with Crippen LogP contribution >= 0.6 is 0 Å². The van der Waals surface area contributed by atoms with Gasteiger partial charge in [-0.3, -0.25) is 4.79 Å². The SMILES string of the molecule is CC1(C(=O)Nc2ccc3c(c2)OCO3)CCCNC1. The molecule has 1 amide bonds. The number of hydrogen-bond acceptors (Lipinski definition) is 4. The number of hydrogen-bond donors (Lipinski definition) is 2. The first-order valence-corrected chi connectivity index (χ1v) is 6.59. The maximum absolute atomic E-state index is 12.4. The third-order valence-corrected chi connectivity index (χ3v) is 3.78. The highest BCUT2D eigenvalue weighted by Gasteiger charge is 2.34. The Morgan fingerprint density at radius 2 is 2.21 bits per heavy atom. The van der Waals surface area contributed by atoms with E-state index in [1.807, 2.05) is 19.1 Å². The summed E-state index contributed by atoms with van der Waals surface area (Å²) >= 11 is 0. The Hall–Kier alpha value is -1.75. The van der Waals surface area contributed by atoms with Gasteiger partial charge >= 0.3 is 0 Å². The molecule has 2 heterocycles. The van der Waals surface area contributed by atoms with Crippen LogP contribution in [0, 0.1) is 5.41 Å². The third kappa shape index (κ3) is 2.38. The average Bonchev–Trinajstić information content (AvgIpc) is 2.87. The summed E-state index contributed by atoms with van der Waals surface area (Å²) in [5.41, 5.74) is 0.412. The molecule has 0 bridgehead atoms.